The lowest BCUT2D eigenvalue weighted by Gasteiger charge is -2.33. The van der Waals surface area contributed by atoms with E-state index < -0.39 is 0 Å². The van der Waals surface area contributed by atoms with Crippen molar-refractivity contribution in [2.24, 2.45) is 5.92 Å². The Morgan fingerprint density at radius 3 is 2.75 bits per heavy atom. The largest absolute Gasteiger partial charge is 0.468 e. The molecule has 1 aromatic heterocycles. The minimum absolute atomic E-state index is 0.0880. The minimum atomic E-state index is 0.0880. The molecule has 2 heterocycles. The number of carbonyl (C=O) groups excluding carboxylic acids is 1. The summed E-state index contributed by atoms with van der Waals surface area (Å²) < 4.78 is 10.9. The van der Waals surface area contributed by atoms with Crippen LogP contribution in [-0.2, 0) is 9.53 Å². The van der Waals surface area contributed by atoms with Crippen LogP contribution in [0.25, 0.3) is 0 Å². The fourth-order valence-electron chi connectivity index (χ4n) is 2.43. The molecule has 1 fully saturated rings. The first-order valence-electron chi connectivity index (χ1n) is 7.28. The summed E-state index contributed by atoms with van der Waals surface area (Å²) in [6, 6.07) is 3.94. The van der Waals surface area contributed by atoms with E-state index in [-0.39, 0.29) is 11.9 Å². The van der Waals surface area contributed by atoms with Gasteiger partial charge in [0, 0.05) is 26.1 Å². The summed E-state index contributed by atoms with van der Waals surface area (Å²) in [5, 5.41) is 3.02. The topological polar surface area (TPSA) is 54.7 Å². The molecule has 0 aromatic carbocycles. The van der Waals surface area contributed by atoms with Crippen LogP contribution < -0.4 is 5.32 Å². The van der Waals surface area contributed by atoms with Gasteiger partial charge in [0.25, 0.3) is 0 Å². The lowest BCUT2D eigenvalue weighted by atomic mass is 10.1. The summed E-state index contributed by atoms with van der Waals surface area (Å²) >= 11 is 0. The molecule has 0 bridgehead atoms. The van der Waals surface area contributed by atoms with Gasteiger partial charge in [-0.3, -0.25) is 9.69 Å². The molecule has 0 unspecified atom stereocenters. The third-order valence-corrected chi connectivity index (χ3v) is 3.44. The second kappa shape index (κ2) is 7.45. The van der Waals surface area contributed by atoms with Gasteiger partial charge in [0.05, 0.1) is 25.5 Å². The van der Waals surface area contributed by atoms with Crippen LogP contribution in [0.4, 0.5) is 0 Å². The highest BCUT2D eigenvalue weighted by Gasteiger charge is 2.25. The molecule has 112 valence electrons. The van der Waals surface area contributed by atoms with Crippen molar-refractivity contribution in [3.05, 3.63) is 24.2 Å². The van der Waals surface area contributed by atoms with Crippen molar-refractivity contribution in [1.29, 1.82) is 0 Å². The molecule has 1 amide bonds. The summed E-state index contributed by atoms with van der Waals surface area (Å²) in [5.74, 6) is 1.38. The average molecular weight is 280 g/mol. The maximum Gasteiger partial charge on any atom is 0.220 e. The van der Waals surface area contributed by atoms with Gasteiger partial charge in [-0.05, 0) is 18.1 Å². The predicted octanol–water partition coefficient (Wildman–Crippen LogP) is 1.82. The first-order chi connectivity index (χ1) is 9.66. The molecule has 0 saturated carbocycles. The van der Waals surface area contributed by atoms with Crippen molar-refractivity contribution in [3.63, 3.8) is 0 Å². The van der Waals surface area contributed by atoms with E-state index in [0.29, 0.717) is 18.9 Å². The molecule has 20 heavy (non-hydrogen) atoms. The number of morpholine rings is 1. The Labute approximate surface area is 120 Å². The number of rotatable bonds is 6. The van der Waals surface area contributed by atoms with Crippen LogP contribution >= 0.6 is 0 Å². The van der Waals surface area contributed by atoms with E-state index in [0.717, 1.165) is 32.1 Å². The van der Waals surface area contributed by atoms with Crippen LogP contribution in [0.2, 0.25) is 0 Å². The fourth-order valence-corrected chi connectivity index (χ4v) is 2.43. The van der Waals surface area contributed by atoms with Gasteiger partial charge in [-0.2, -0.15) is 0 Å². The Balaban J connectivity index is 1.94. The first kappa shape index (κ1) is 15.1. The highest BCUT2D eigenvalue weighted by atomic mass is 16.5. The Bertz CT molecular complexity index is 397. The number of hydrogen-bond donors (Lipinski definition) is 1. The predicted molar refractivity (Wildman–Crippen MR) is 76.3 cm³/mol. The highest BCUT2D eigenvalue weighted by Crippen LogP contribution is 2.21. The molecule has 1 atom stereocenters. The second-order valence-corrected chi connectivity index (χ2v) is 5.58. The number of furan rings is 1. The number of nitrogens with zero attached hydrogens (tertiary/aromatic N) is 1. The van der Waals surface area contributed by atoms with Gasteiger partial charge in [-0.1, -0.05) is 13.8 Å². The van der Waals surface area contributed by atoms with E-state index in [2.05, 4.69) is 10.2 Å². The maximum atomic E-state index is 11.8. The van der Waals surface area contributed by atoms with Gasteiger partial charge in [0.15, 0.2) is 0 Å². The van der Waals surface area contributed by atoms with E-state index >= 15 is 0 Å². The summed E-state index contributed by atoms with van der Waals surface area (Å²) in [7, 11) is 0. The van der Waals surface area contributed by atoms with Crippen molar-refractivity contribution in [2.45, 2.75) is 26.3 Å². The van der Waals surface area contributed by atoms with Gasteiger partial charge in [0.2, 0.25) is 5.91 Å². The average Bonchev–Trinajstić information content (AvgIpc) is 2.93. The zero-order valence-corrected chi connectivity index (χ0v) is 12.3. The second-order valence-electron chi connectivity index (χ2n) is 5.58. The van der Waals surface area contributed by atoms with Crippen LogP contribution in [0.3, 0.4) is 0 Å². The third-order valence-electron chi connectivity index (χ3n) is 3.44. The van der Waals surface area contributed by atoms with Gasteiger partial charge in [0.1, 0.15) is 5.76 Å². The van der Waals surface area contributed by atoms with Crippen LogP contribution in [0.5, 0.6) is 0 Å². The first-order valence-corrected chi connectivity index (χ1v) is 7.28. The molecular weight excluding hydrogens is 256 g/mol. The van der Waals surface area contributed by atoms with E-state index in [1.807, 2.05) is 26.0 Å². The normalized spacial score (nSPS) is 18.1. The number of ether oxygens (including phenoxy) is 1. The molecule has 1 N–H and O–H groups in total. The molecular formula is C15H24N2O3. The van der Waals surface area contributed by atoms with E-state index in [1.54, 1.807) is 6.26 Å². The molecule has 1 aliphatic rings. The van der Waals surface area contributed by atoms with Crippen molar-refractivity contribution < 1.29 is 13.9 Å². The lowest BCUT2D eigenvalue weighted by Crippen LogP contribution is -2.43. The van der Waals surface area contributed by atoms with Gasteiger partial charge >= 0.3 is 0 Å². The Morgan fingerprint density at radius 2 is 2.15 bits per heavy atom. The fraction of sp³-hybridized carbons (Fsp3) is 0.667. The Hall–Kier alpha value is -1.33. The Morgan fingerprint density at radius 1 is 1.40 bits per heavy atom. The van der Waals surface area contributed by atoms with Crippen LogP contribution in [0, 0.1) is 5.92 Å². The summed E-state index contributed by atoms with van der Waals surface area (Å²) in [6.07, 6.45) is 2.24. The van der Waals surface area contributed by atoms with Crippen molar-refractivity contribution >= 4 is 5.91 Å². The number of hydrogen-bond acceptors (Lipinski definition) is 4. The molecule has 1 aliphatic heterocycles. The zero-order valence-electron chi connectivity index (χ0n) is 12.3. The quantitative estimate of drug-likeness (QED) is 0.863. The molecule has 0 radical (unpaired) electrons. The van der Waals surface area contributed by atoms with Crippen molar-refractivity contribution in [3.8, 4) is 0 Å². The number of carbonyl (C=O) groups is 1. The van der Waals surface area contributed by atoms with Gasteiger partial charge in [-0.15, -0.1) is 0 Å². The molecule has 5 heteroatoms. The van der Waals surface area contributed by atoms with E-state index in [1.165, 1.54) is 0 Å². The summed E-state index contributed by atoms with van der Waals surface area (Å²) in [6.45, 7) is 7.88. The Kier molecular flexibility index (Phi) is 5.61. The third kappa shape index (κ3) is 4.35. The summed E-state index contributed by atoms with van der Waals surface area (Å²) in [4.78, 5) is 14.1. The maximum absolute atomic E-state index is 11.8. The minimum Gasteiger partial charge on any atom is -0.468 e. The zero-order chi connectivity index (χ0) is 14.4. The number of nitrogens with one attached hydrogen (secondary N) is 1. The SMILES string of the molecule is CC(C)CC(=O)NC[C@H](c1ccco1)N1CCOCC1. The van der Waals surface area contributed by atoms with Crippen LogP contribution in [0.15, 0.2) is 22.8 Å². The molecule has 0 aliphatic carbocycles. The highest BCUT2D eigenvalue weighted by molar-refractivity contribution is 5.76. The van der Waals surface area contributed by atoms with Gasteiger partial charge in [-0.25, -0.2) is 0 Å². The smallest absolute Gasteiger partial charge is 0.220 e. The summed E-state index contributed by atoms with van der Waals surface area (Å²) in [5.41, 5.74) is 0. The van der Waals surface area contributed by atoms with Crippen molar-refractivity contribution in [2.75, 3.05) is 32.8 Å². The van der Waals surface area contributed by atoms with E-state index in [9.17, 15) is 4.79 Å². The van der Waals surface area contributed by atoms with Gasteiger partial charge < -0.3 is 14.5 Å². The molecule has 1 saturated heterocycles. The van der Waals surface area contributed by atoms with E-state index in [4.69, 9.17) is 9.15 Å². The standard InChI is InChI=1S/C15H24N2O3/c1-12(2)10-15(18)16-11-13(14-4-3-7-20-14)17-5-8-19-9-6-17/h3-4,7,12-13H,5-6,8-11H2,1-2H3,(H,16,18)/t13-/m1/s1. The molecule has 2 rings (SSSR count). The molecule has 5 nitrogen and oxygen atoms in total. The van der Waals surface area contributed by atoms with Crippen molar-refractivity contribution in [1.82, 2.24) is 10.2 Å². The van der Waals surface area contributed by atoms with Crippen LogP contribution in [0.1, 0.15) is 32.1 Å². The monoisotopic (exact) mass is 280 g/mol. The van der Waals surface area contributed by atoms with Crippen LogP contribution in [-0.4, -0.2) is 43.7 Å². The lowest BCUT2D eigenvalue weighted by molar-refractivity contribution is -0.122. The molecule has 0 spiro atoms. The number of amides is 1. The molecule has 1 aromatic rings.